The molecule has 0 radical (unpaired) electrons. The maximum absolute atomic E-state index is 11.0. The highest BCUT2D eigenvalue weighted by molar-refractivity contribution is 5.89. The molecule has 0 amide bonds. The Morgan fingerprint density at radius 1 is 1.19 bits per heavy atom. The molecule has 0 aliphatic carbocycles. The molecule has 0 aliphatic heterocycles. The van der Waals surface area contributed by atoms with Gasteiger partial charge in [0, 0.05) is 31.2 Å². The molecule has 2 rings (SSSR count). The lowest BCUT2D eigenvalue weighted by Crippen LogP contribution is -2.03. The molecule has 0 bridgehead atoms. The Morgan fingerprint density at radius 2 is 2.00 bits per heavy atom. The molecule has 4 nitrogen and oxygen atoms in total. The molecule has 2 aromatic rings. The van der Waals surface area contributed by atoms with Gasteiger partial charge in [-0.05, 0) is 23.3 Å². The first-order valence-corrected chi connectivity index (χ1v) is 4.82. The van der Waals surface area contributed by atoms with Gasteiger partial charge in [-0.25, -0.2) is 4.79 Å². The third kappa shape index (κ3) is 2.23. The van der Waals surface area contributed by atoms with Gasteiger partial charge in [-0.2, -0.15) is 0 Å². The van der Waals surface area contributed by atoms with Gasteiger partial charge in [-0.1, -0.05) is 6.07 Å². The summed E-state index contributed by atoms with van der Waals surface area (Å²) in [5, 5.41) is 9.00. The average molecular weight is 214 g/mol. The summed E-state index contributed by atoms with van der Waals surface area (Å²) >= 11 is 0. The third-order valence-corrected chi connectivity index (χ3v) is 2.25. The zero-order valence-electron chi connectivity index (χ0n) is 8.50. The minimum Gasteiger partial charge on any atom is -0.478 e. The maximum Gasteiger partial charge on any atom is 0.336 e. The van der Waals surface area contributed by atoms with Crippen LogP contribution in [0.5, 0.6) is 0 Å². The monoisotopic (exact) mass is 214 g/mol. The molecule has 0 saturated heterocycles. The second-order valence-corrected chi connectivity index (χ2v) is 3.38. The van der Waals surface area contributed by atoms with E-state index in [9.17, 15) is 4.79 Å². The van der Waals surface area contributed by atoms with Gasteiger partial charge in [0.25, 0.3) is 0 Å². The van der Waals surface area contributed by atoms with Crippen LogP contribution in [-0.4, -0.2) is 21.0 Å². The first-order valence-electron chi connectivity index (χ1n) is 4.82. The predicted molar refractivity (Wildman–Crippen MR) is 58.2 cm³/mol. The molecular formula is C12H10N2O2. The number of hydrogen-bond donors (Lipinski definition) is 1. The van der Waals surface area contributed by atoms with Gasteiger partial charge in [0.05, 0.1) is 5.56 Å². The minimum absolute atomic E-state index is 0.291. The number of carbonyl (C=O) groups is 1. The molecule has 0 atom stereocenters. The number of hydrogen-bond acceptors (Lipinski definition) is 3. The van der Waals surface area contributed by atoms with Crippen molar-refractivity contribution in [2.75, 3.05) is 0 Å². The summed E-state index contributed by atoms with van der Waals surface area (Å²) in [7, 11) is 0. The molecule has 0 unspecified atom stereocenters. The van der Waals surface area contributed by atoms with Gasteiger partial charge < -0.3 is 5.11 Å². The van der Waals surface area contributed by atoms with E-state index in [4.69, 9.17) is 5.11 Å². The smallest absolute Gasteiger partial charge is 0.336 e. The standard InChI is InChI=1S/C12H10N2O2/c15-12(16)11-3-5-14-8-10(11)6-9-2-1-4-13-7-9/h1-5,7-8H,6H2,(H,15,16). The summed E-state index contributed by atoms with van der Waals surface area (Å²) in [5.41, 5.74) is 1.96. The molecule has 0 spiro atoms. The Bertz CT molecular complexity index is 497. The van der Waals surface area contributed by atoms with E-state index in [-0.39, 0.29) is 0 Å². The SMILES string of the molecule is O=C(O)c1ccncc1Cc1cccnc1. The number of aromatic nitrogens is 2. The molecule has 2 heterocycles. The van der Waals surface area contributed by atoms with Gasteiger partial charge in [-0.15, -0.1) is 0 Å². The first-order chi connectivity index (χ1) is 7.77. The van der Waals surface area contributed by atoms with E-state index in [1.54, 1.807) is 18.6 Å². The number of pyridine rings is 2. The zero-order valence-corrected chi connectivity index (χ0v) is 8.50. The van der Waals surface area contributed by atoms with E-state index < -0.39 is 5.97 Å². The number of nitrogens with zero attached hydrogens (tertiary/aromatic N) is 2. The van der Waals surface area contributed by atoms with Gasteiger partial charge in [0.2, 0.25) is 0 Å². The number of rotatable bonds is 3. The minimum atomic E-state index is -0.929. The van der Waals surface area contributed by atoms with E-state index in [0.29, 0.717) is 17.5 Å². The number of carboxylic acids is 1. The van der Waals surface area contributed by atoms with Crippen molar-refractivity contribution in [3.05, 3.63) is 59.7 Å². The van der Waals surface area contributed by atoms with Crippen molar-refractivity contribution in [1.82, 2.24) is 9.97 Å². The Morgan fingerprint density at radius 3 is 2.69 bits per heavy atom. The first kappa shape index (κ1) is 10.3. The Hall–Kier alpha value is -2.23. The van der Waals surface area contributed by atoms with Crippen LogP contribution in [0.3, 0.4) is 0 Å². The summed E-state index contributed by atoms with van der Waals surface area (Å²) in [6, 6.07) is 5.24. The van der Waals surface area contributed by atoms with E-state index >= 15 is 0 Å². The van der Waals surface area contributed by atoms with Crippen LogP contribution in [0.1, 0.15) is 21.5 Å². The highest BCUT2D eigenvalue weighted by atomic mass is 16.4. The van der Waals surface area contributed by atoms with E-state index in [1.165, 1.54) is 12.3 Å². The van der Waals surface area contributed by atoms with Crippen LogP contribution >= 0.6 is 0 Å². The molecule has 4 heteroatoms. The number of aromatic carboxylic acids is 1. The maximum atomic E-state index is 11.0. The fraction of sp³-hybridized carbons (Fsp3) is 0.0833. The van der Waals surface area contributed by atoms with Crippen molar-refractivity contribution in [3.63, 3.8) is 0 Å². The highest BCUT2D eigenvalue weighted by Crippen LogP contribution is 2.12. The summed E-state index contributed by atoms with van der Waals surface area (Å²) in [6.07, 6.45) is 7.00. The Balaban J connectivity index is 2.31. The van der Waals surface area contributed by atoms with E-state index in [1.807, 2.05) is 12.1 Å². The van der Waals surface area contributed by atoms with Crippen LogP contribution in [0.4, 0.5) is 0 Å². The van der Waals surface area contributed by atoms with Crippen LogP contribution in [0.25, 0.3) is 0 Å². The molecule has 2 aromatic heterocycles. The van der Waals surface area contributed by atoms with Crippen molar-refractivity contribution in [3.8, 4) is 0 Å². The summed E-state index contributed by atoms with van der Waals surface area (Å²) < 4.78 is 0. The Kier molecular flexibility index (Phi) is 2.91. The lowest BCUT2D eigenvalue weighted by atomic mass is 10.0. The molecule has 80 valence electrons. The van der Waals surface area contributed by atoms with Crippen molar-refractivity contribution < 1.29 is 9.90 Å². The quantitative estimate of drug-likeness (QED) is 0.845. The van der Waals surface area contributed by atoms with Crippen molar-refractivity contribution in [2.45, 2.75) is 6.42 Å². The fourth-order valence-corrected chi connectivity index (χ4v) is 1.50. The van der Waals surface area contributed by atoms with Gasteiger partial charge in [0.15, 0.2) is 0 Å². The third-order valence-electron chi connectivity index (χ3n) is 2.25. The average Bonchev–Trinajstić information content (AvgIpc) is 2.31. The van der Waals surface area contributed by atoms with E-state index in [0.717, 1.165) is 5.56 Å². The largest absolute Gasteiger partial charge is 0.478 e. The molecule has 16 heavy (non-hydrogen) atoms. The second kappa shape index (κ2) is 4.53. The van der Waals surface area contributed by atoms with Crippen molar-refractivity contribution in [1.29, 1.82) is 0 Å². The second-order valence-electron chi connectivity index (χ2n) is 3.38. The highest BCUT2D eigenvalue weighted by Gasteiger charge is 2.09. The van der Waals surface area contributed by atoms with Crippen LogP contribution in [0, 0.1) is 0 Å². The van der Waals surface area contributed by atoms with Crippen LogP contribution < -0.4 is 0 Å². The lowest BCUT2D eigenvalue weighted by Gasteiger charge is -2.04. The van der Waals surface area contributed by atoms with Crippen LogP contribution in [0.2, 0.25) is 0 Å². The molecule has 0 fully saturated rings. The summed E-state index contributed by atoms with van der Waals surface area (Å²) in [5.74, 6) is -0.929. The van der Waals surface area contributed by atoms with Gasteiger partial charge >= 0.3 is 5.97 Å². The molecule has 0 aliphatic rings. The normalized spacial score (nSPS) is 10.0. The fourth-order valence-electron chi connectivity index (χ4n) is 1.50. The van der Waals surface area contributed by atoms with Crippen LogP contribution in [-0.2, 0) is 6.42 Å². The van der Waals surface area contributed by atoms with Crippen LogP contribution in [0.15, 0.2) is 43.0 Å². The molecule has 0 aromatic carbocycles. The summed E-state index contributed by atoms with van der Waals surface area (Å²) in [4.78, 5) is 18.9. The molecule has 0 saturated carbocycles. The lowest BCUT2D eigenvalue weighted by molar-refractivity contribution is 0.0695. The Labute approximate surface area is 92.6 Å². The predicted octanol–water partition coefficient (Wildman–Crippen LogP) is 1.77. The van der Waals surface area contributed by atoms with Gasteiger partial charge in [0.1, 0.15) is 0 Å². The summed E-state index contributed by atoms with van der Waals surface area (Å²) in [6.45, 7) is 0. The molecule has 1 N–H and O–H groups in total. The molecular weight excluding hydrogens is 204 g/mol. The van der Waals surface area contributed by atoms with E-state index in [2.05, 4.69) is 9.97 Å². The topological polar surface area (TPSA) is 63.1 Å². The van der Waals surface area contributed by atoms with Crippen molar-refractivity contribution >= 4 is 5.97 Å². The zero-order chi connectivity index (χ0) is 11.4. The number of carboxylic acid groups (broad SMARTS) is 1. The van der Waals surface area contributed by atoms with Gasteiger partial charge in [-0.3, -0.25) is 9.97 Å². The van der Waals surface area contributed by atoms with Crippen molar-refractivity contribution in [2.24, 2.45) is 0 Å².